The lowest BCUT2D eigenvalue weighted by Crippen LogP contribution is -2.60. The SMILES string of the molecule is CC(C)C[C@H](NC(=O)[C@H](Cc1ccc(O)cc1)NC(=O)[C@@H](N)Cc1c[nH]c2ccccc12)C(=O)N[C@@H](Cc1cnc[nH]1)C(=O)N[C@@H](Cc1ccc(O)cc1)C(=O)N[C@@H](C)C(=O)O. The lowest BCUT2D eigenvalue weighted by atomic mass is 9.99. The molecule has 0 aliphatic carbocycles. The van der Waals surface area contributed by atoms with E-state index in [-0.39, 0.29) is 49.5 Å². The van der Waals surface area contributed by atoms with Crippen molar-refractivity contribution in [3.8, 4) is 11.5 Å². The molecule has 0 saturated carbocycles. The number of aromatic nitrogens is 3. The first kappa shape index (κ1) is 45.9. The van der Waals surface area contributed by atoms with E-state index in [1.54, 1.807) is 30.5 Å². The molecule has 0 aliphatic rings. The van der Waals surface area contributed by atoms with E-state index in [9.17, 15) is 44.1 Å². The molecule has 0 unspecified atom stereocenters. The minimum Gasteiger partial charge on any atom is -0.508 e. The summed E-state index contributed by atoms with van der Waals surface area (Å²) in [4.78, 5) is 91.2. The zero-order valence-electron chi connectivity index (χ0n) is 34.6. The number of carboxylic acid groups (broad SMARTS) is 1. The number of imidazole rings is 1. The molecule has 2 aromatic heterocycles. The predicted octanol–water partition coefficient (Wildman–Crippen LogP) is 1.47. The highest BCUT2D eigenvalue weighted by atomic mass is 16.4. The number of carbonyl (C=O) groups is 6. The number of aromatic amines is 2. The molecule has 6 atom stereocenters. The highest BCUT2D eigenvalue weighted by Crippen LogP contribution is 2.19. The summed E-state index contributed by atoms with van der Waals surface area (Å²) in [6.45, 7) is 4.95. The standard InChI is InChI=1S/C44H53N9O9/c1-24(2)16-35(51-42(59)37(18-27-10-14-31(55)15-11-27)50-39(56)33(45)19-28-21-47-34-7-5-4-6-32(28)34)41(58)53-38(20-29-22-46-23-48-29)43(60)52-36(40(57)49-25(3)44(61)62)17-26-8-12-30(54)13-9-26/h4-15,21-25,33,35-38,47,54-55H,16-20,45H2,1-3H3,(H,46,48)(H,49,57)(H,50,56)(H,51,59)(H,52,60)(H,53,58)(H,61,62)/t25-,33-,35-,36-,37-,38-/m0/s1. The Morgan fingerprint density at radius 1 is 0.629 bits per heavy atom. The van der Waals surface area contributed by atoms with E-state index in [0.29, 0.717) is 16.8 Å². The largest absolute Gasteiger partial charge is 0.508 e. The summed E-state index contributed by atoms with van der Waals surface area (Å²) in [7, 11) is 0. The van der Waals surface area contributed by atoms with E-state index in [2.05, 4.69) is 41.5 Å². The molecule has 3 aromatic carbocycles. The van der Waals surface area contributed by atoms with Crippen molar-refractivity contribution in [2.45, 2.75) is 89.1 Å². The topological polar surface area (TPSA) is 294 Å². The van der Waals surface area contributed by atoms with E-state index in [0.717, 1.165) is 16.5 Å². The van der Waals surface area contributed by atoms with Crippen LogP contribution in [0.3, 0.4) is 0 Å². The number of H-pyrrole nitrogens is 2. The minimum atomic E-state index is -1.34. The van der Waals surface area contributed by atoms with Gasteiger partial charge in [-0.15, -0.1) is 0 Å². The fourth-order valence-electron chi connectivity index (χ4n) is 6.78. The summed E-state index contributed by atoms with van der Waals surface area (Å²) in [6, 6.07) is 12.1. The van der Waals surface area contributed by atoms with Crippen molar-refractivity contribution in [1.29, 1.82) is 0 Å². The van der Waals surface area contributed by atoms with Crippen LogP contribution in [0.4, 0.5) is 0 Å². The van der Waals surface area contributed by atoms with Crippen LogP contribution in [-0.4, -0.2) is 102 Å². The molecule has 18 nitrogen and oxygen atoms in total. The highest BCUT2D eigenvalue weighted by molar-refractivity contribution is 5.97. The maximum atomic E-state index is 14.2. The van der Waals surface area contributed by atoms with Crippen LogP contribution >= 0.6 is 0 Å². The molecule has 2 heterocycles. The van der Waals surface area contributed by atoms with Crippen molar-refractivity contribution in [3.63, 3.8) is 0 Å². The number of aliphatic carboxylic acids is 1. The third kappa shape index (κ3) is 13.1. The fraction of sp³-hybridized carbons (Fsp3) is 0.341. The molecule has 0 radical (unpaired) electrons. The Labute approximate surface area is 357 Å². The third-order valence-electron chi connectivity index (χ3n) is 10.2. The summed E-state index contributed by atoms with van der Waals surface area (Å²) in [5.41, 5.74) is 9.67. The van der Waals surface area contributed by atoms with Gasteiger partial charge in [0.25, 0.3) is 0 Å². The zero-order valence-corrected chi connectivity index (χ0v) is 34.6. The summed E-state index contributed by atoms with van der Waals surface area (Å²) >= 11 is 0. The van der Waals surface area contributed by atoms with Crippen molar-refractivity contribution in [1.82, 2.24) is 41.5 Å². The number of amides is 5. The maximum Gasteiger partial charge on any atom is 0.325 e. The van der Waals surface area contributed by atoms with Gasteiger partial charge in [-0.3, -0.25) is 28.8 Å². The van der Waals surface area contributed by atoms with Crippen molar-refractivity contribution in [3.05, 3.63) is 114 Å². The van der Waals surface area contributed by atoms with Gasteiger partial charge in [0, 0.05) is 48.3 Å². The predicted molar refractivity (Wildman–Crippen MR) is 228 cm³/mol. The number of para-hydroxylation sites is 1. The first-order valence-corrected chi connectivity index (χ1v) is 20.1. The van der Waals surface area contributed by atoms with Gasteiger partial charge < -0.3 is 57.6 Å². The first-order chi connectivity index (χ1) is 29.6. The summed E-state index contributed by atoms with van der Waals surface area (Å²) in [5, 5.41) is 43.3. The van der Waals surface area contributed by atoms with E-state index in [4.69, 9.17) is 5.73 Å². The molecular formula is C44H53N9O9. The lowest BCUT2D eigenvalue weighted by Gasteiger charge is -2.28. The highest BCUT2D eigenvalue weighted by Gasteiger charge is 2.33. The van der Waals surface area contributed by atoms with E-state index < -0.39 is 71.8 Å². The second-order valence-electron chi connectivity index (χ2n) is 15.6. The van der Waals surface area contributed by atoms with Crippen LogP contribution in [0.2, 0.25) is 0 Å². The van der Waals surface area contributed by atoms with Gasteiger partial charge in [-0.25, -0.2) is 4.98 Å². The molecule has 0 bridgehead atoms. The van der Waals surface area contributed by atoms with Gasteiger partial charge in [0.2, 0.25) is 29.5 Å². The Kier molecular flexibility index (Phi) is 15.8. The molecule has 5 amide bonds. The molecule has 0 saturated heterocycles. The minimum absolute atomic E-state index is 0.00375. The summed E-state index contributed by atoms with van der Waals surface area (Å²) in [5.74, 6) is -5.13. The Hall–Kier alpha value is -7.21. The molecule has 0 fully saturated rings. The lowest BCUT2D eigenvalue weighted by molar-refractivity contribution is -0.141. The smallest absolute Gasteiger partial charge is 0.325 e. The number of carbonyl (C=O) groups excluding carboxylic acids is 5. The molecule has 12 N–H and O–H groups in total. The van der Waals surface area contributed by atoms with Gasteiger partial charge in [0.1, 0.15) is 41.7 Å². The number of aromatic hydroxyl groups is 2. The number of carboxylic acids is 1. The van der Waals surface area contributed by atoms with Gasteiger partial charge in [0.05, 0.1) is 12.4 Å². The number of phenolic OH excluding ortho intramolecular Hbond substituents is 2. The van der Waals surface area contributed by atoms with Crippen molar-refractivity contribution in [2.24, 2.45) is 11.7 Å². The Balaban J connectivity index is 1.36. The van der Waals surface area contributed by atoms with Crippen molar-refractivity contribution in [2.75, 3.05) is 0 Å². The quantitative estimate of drug-likeness (QED) is 0.0503. The summed E-state index contributed by atoms with van der Waals surface area (Å²) in [6.07, 6.45) is 4.66. The molecule has 62 heavy (non-hydrogen) atoms. The van der Waals surface area contributed by atoms with Crippen LogP contribution in [0.1, 0.15) is 49.6 Å². The van der Waals surface area contributed by atoms with Gasteiger partial charge in [0.15, 0.2) is 0 Å². The van der Waals surface area contributed by atoms with Gasteiger partial charge in [-0.1, -0.05) is 56.3 Å². The second kappa shape index (κ2) is 21.4. The average molecular weight is 852 g/mol. The number of rotatable bonds is 21. The second-order valence-corrected chi connectivity index (χ2v) is 15.6. The molecule has 0 aliphatic heterocycles. The molecule has 0 spiro atoms. The fourth-order valence-corrected chi connectivity index (χ4v) is 6.78. The van der Waals surface area contributed by atoms with Gasteiger partial charge >= 0.3 is 5.97 Å². The average Bonchev–Trinajstić information content (AvgIpc) is 3.91. The Bertz CT molecular complexity index is 2310. The van der Waals surface area contributed by atoms with E-state index >= 15 is 0 Å². The molecular weight excluding hydrogens is 799 g/mol. The Morgan fingerprint density at radius 3 is 1.66 bits per heavy atom. The number of hydrogen-bond donors (Lipinski definition) is 11. The molecule has 5 aromatic rings. The van der Waals surface area contributed by atoms with Gasteiger partial charge in [-0.2, -0.15) is 0 Å². The Morgan fingerprint density at radius 2 is 1.13 bits per heavy atom. The van der Waals surface area contributed by atoms with Crippen LogP contribution in [0.5, 0.6) is 11.5 Å². The first-order valence-electron chi connectivity index (χ1n) is 20.1. The molecule has 328 valence electrons. The molecule has 5 rings (SSSR count). The van der Waals surface area contributed by atoms with Crippen molar-refractivity contribution >= 4 is 46.4 Å². The number of phenols is 2. The van der Waals surface area contributed by atoms with Crippen LogP contribution in [0.25, 0.3) is 10.9 Å². The maximum absolute atomic E-state index is 14.2. The zero-order chi connectivity index (χ0) is 44.9. The monoisotopic (exact) mass is 851 g/mol. The number of nitrogens with zero attached hydrogens (tertiary/aromatic N) is 1. The van der Waals surface area contributed by atoms with E-state index in [1.165, 1.54) is 43.7 Å². The molecule has 18 heteroatoms. The normalized spacial score (nSPS) is 14.1. The van der Waals surface area contributed by atoms with Crippen LogP contribution < -0.4 is 32.3 Å². The number of benzene rings is 3. The van der Waals surface area contributed by atoms with E-state index in [1.807, 2.05) is 38.1 Å². The third-order valence-corrected chi connectivity index (χ3v) is 10.2. The van der Waals surface area contributed by atoms with Crippen molar-refractivity contribution < 1.29 is 44.1 Å². The number of hydrogen-bond acceptors (Lipinski definition) is 10. The number of fused-ring (bicyclic) bond motifs is 1. The van der Waals surface area contributed by atoms with Crippen LogP contribution in [0, 0.1) is 5.92 Å². The number of nitrogens with one attached hydrogen (secondary N) is 7. The van der Waals surface area contributed by atoms with Crippen LogP contribution in [0.15, 0.2) is 91.5 Å². The number of nitrogens with two attached hydrogens (primary N) is 1. The summed E-state index contributed by atoms with van der Waals surface area (Å²) < 4.78 is 0. The van der Waals surface area contributed by atoms with Crippen LogP contribution in [-0.2, 0) is 54.5 Å². The van der Waals surface area contributed by atoms with Gasteiger partial charge in [-0.05, 0) is 72.7 Å².